The molecule has 0 unspecified atom stereocenters. The second kappa shape index (κ2) is 5.76. The summed E-state index contributed by atoms with van der Waals surface area (Å²) in [4.78, 5) is 19.5. The average Bonchev–Trinajstić information content (AvgIpc) is 2.68. The lowest BCUT2D eigenvalue weighted by molar-refractivity contribution is -0.119. The molecule has 6 heteroatoms. The number of rotatable bonds is 1. The lowest BCUT2D eigenvalue weighted by Gasteiger charge is -2.41. The Bertz CT molecular complexity index is 1160. The molecule has 3 aromatic rings. The molecule has 0 aliphatic carbocycles. The maximum absolute atomic E-state index is 13.6. The Balaban J connectivity index is 1.82. The number of benzene rings is 2. The van der Waals surface area contributed by atoms with E-state index in [1.807, 2.05) is 48.5 Å². The first-order chi connectivity index (χ1) is 13.1. The number of carbonyl (C=O) groups excluding carboxylic acids is 1. The number of amides is 1. The van der Waals surface area contributed by atoms with Crippen molar-refractivity contribution in [2.75, 3.05) is 4.90 Å². The maximum atomic E-state index is 13.6. The summed E-state index contributed by atoms with van der Waals surface area (Å²) in [6.07, 6.45) is 1.59. The topological polar surface area (TPSA) is 67.3 Å². The smallest absolute Gasteiger partial charge is 0.241 e. The molecule has 2 aliphatic heterocycles. The molecule has 1 amide bonds. The van der Waals surface area contributed by atoms with Crippen LogP contribution in [0.25, 0.3) is 0 Å². The zero-order chi connectivity index (χ0) is 18.6. The minimum Gasteiger partial charge on any atom is -0.273 e. The molecule has 0 N–H and O–H groups in total. The highest BCUT2D eigenvalue weighted by Crippen LogP contribution is 2.52. The van der Waals surface area contributed by atoms with Crippen molar-refractivity contribution in [2.45, 2.75) is 16.9 Å². The number of fused-ring (bicyclic) bond motifs is 5. The van der Waals surface area contributed by atoms with E-state index in [0.29, 0.717) is 22.6 Å². The Morgan fingerprint density at radius 2 is 1.59 bits per heavy atom. The Morgan fingerprint density at radius 3 is 2.41 bits per heavy atom. The first-order valence-electron chi connectivity index (χ1n) is 8.71. The standard InChI is InChI=1S/C21H16N2O3S/c24-21-18-16-10-5-4-7-14(16)13-27(25,26)19(18)17-11-6-12-22-20(17)23(21)15-8-2-1-3-9-15/h1-12,18-19H,13H2/t18-,19-/m0/s1. The number of pyridine rings is 1. The molecule has 5 nitrogen and oxygen atoms in total. The fraction of sp³-hybridized carbons (Fsp3) is 0.143. The summed E-state index contributed by atoms with van der Waals surface area (Å²) < 4.78 is 26.3. The van der Waals surface area contributed by atoms with Crippen LogP contribution in [-0.4, -0.2) is 19.3 Å². The fourth-order valence-corrected chi connectivity index (χ4v) is 6.29. The van der Waals surface area contributed by atoms with Gasteiger partial charge in [-0.1, -0.05) is 48.5 Å². The SMILES string of the molecule is O=C1[C@H]2c3ccccc3CS(=O)(=O)[C@H]2c2cccnc2N1c1ccccc1. The summed E-state index contributed by atoms with van der Waals surface area (Å²) in [5, 5.41) is -0.899. The molecule has 0 bridgehead atoms. The van der Waals surface area contributed by atoms with E-state index in [0.717, 1.165) is 5.56 Å². The van der Waals surface area contributed by atoms with Gasteiger partial charge in [-0.05, 0) is 29.3 Å². The van der Waals surface area contributed by atoms with Gasteiger partial charge in [0.2, 0.25) is 5.91 Å². The number of hydrogen-bond acceptors (Lipinski definition) is 4. The molecule has 134 valence electrons. The number of para-hydroxylation sites is 1. The van der Waals surface area contributed by atoms with Crippen LogP contribution in [0.15, 0.2) is 72.9 Å². The third-order valence-corrected chi connectivity index (χ3v) is 7.29. The molecule has 0 saturated heterocycles. The van der Waals surface area contributed by atoms with Crippen LogP contribution in [0.2, 0.25) is 0 Å². The van der Waals surface area contributed by atoms with Crippen LogP contribution in [0.1, 0.15) is 27.9 Å². The van der Waals surface area contributed by atoms with E-state index in [9.17, 15) is 13.2 Å². The first-order valence-corrected chi connectivity index (χ1v) is 10.4. The summed E-state index contributed by atoms with van der Waals surface area (Å²) in [6, 6.07) is 20.1. The van der Waals surface area contributed by atoms with E-state index in [1.165, 1.54) is 0 Å². The molecule has 3 heterocycles. The number of carbonyl (C=O) groups is 1. The van der Waals surface area contributed by atoms with Crippen LogP contribution < -0.4 is 4.90 Å². The summed E-state index contributed by atoms with van der Waals surface area (Å²) in [7, 11) is -3.54. The van der Waals surface area contributed by atoms with Gasteiger partial charge in [-0.3, -0.25) is 9.69 Å². The van der Waals surface area contributed by atoms with Crippen LogP contribution in [0.4, 0.5) is 11.5 Å². The van der Waals surface area contributed by atoms with Crippen molar-refractivity contribution >= 4 is 27.2 Å². The van der Waals surface area contributed by atoms with Crippen molar-refractivity contribution in [1.82, 2.24) is 4.98 Å². The summed E-state index contributed by atoms with van der Waals surface area (Å²) in [5.41, 5.74) is 2.76. The molecule has 0 fully saturated rings. The highest BCUT2D eigenvalue weighted by atomic mass is 32.2. The monoisotopic (exact) mass is 376 g/mol. The molecular weight excluding hydrogens is 360 g/mol. The molecule has 27 heavy (non-hydrogen) atoms. The number of hydrogen-bond donors (Lipinski definition) is 0. The Hall–Kier alpha value is -2.99. The van der Waals surface area contributed by atoms with Gasteiger partial charge >= 0.3 is 0 Å². The van der Waals surface area contributed by atoms with Crippen molar-refractivity contribution < 1.29 is 13.2 Å². The number of nitrogens with zero attached hydrogens (tertiary/aromatic N) is 2. The first kappa shape index (κ1) is 16.2. The van der Waals surface area contributed by atoms with E-state index >= 15 is 0 Å². The highest BCUT2D eigenvalue weighted by molar-refractivity contribution is 7.91. The van der Waals surface area contributed by atoms with E-state index in [2.05, 4.69) is 4.98 Å². The van der Waals surface area contributed by atoms with E-state index in [-0.39, 0.29) is 11.7 Å². The van der Waals surface area contributed by atoms with E-state index in [1.54, 1.807) is 29.3 Å². The van der Waals surface area contributed by atoms with Gasteiger partial charge in [-0.2, -0.15) is 0 Å². The second-order valence-electron chi connectivity index (χ2n) is 6.83. The minimum absolute atomic E-state index is 0.0582. The molecule has 1 aromatic heterocycles. The predicted molar refractivity (Wildman–Crippen MR) is 102 cm³/mol. The largest absolute Gasteiger partial charge is 0.273 e. The molecule has 0 saturated carbocycles. The summed E-state index contributed by atoms with van der Waals surface area (Å²) in [6.45, 7) is 0. The Kier molecular flexibility index (Phi) is 3.45. The third-order valence-electron chi connectivity index (χ3n) is 5.27. The number of aromatic nitrogens is 1. The van der Waals surface area contributed by atoms with Gasteiger partial charge in [0.15, 0.2) is 9.84 Å². The highest BCUT2D eigenvalue weighted by Gasteiger charge is 2.51. The number of sulfone groups is 1. The summed E-state index contributed by atoms with van der Waals surface area (Å²) in [5.74, 6) is -0.681. The summed E-state index contributed by atoms with van der Waals surface area (Å²) >= 11 is 0. The Labute approximate surface area is 157 Å². The third kappa shape index (κ3) is 2.33. The van der Waals surface area contributed by atoms with Crippen LogP contribution in [0.3, 0.4) is 0 Å². The lowest BCUT2D eigenvalue weighted by atomic mass is 9.84. The van der Waals surface area contributed by atoms with Crippen molar-refractivity contribution in [2.24, 2.45) is 0 Å². The van der Waals surface area contributed by atoms with Gasteiger partial charge < -0.3 is 0 Å². The second-order valence-corrected chi connectivity index (χ2v) is 8.95. The molecule has 5 rings (SSSR count). The van der Waals surface area contributed by atoms with Crippen molar-refractivity contribution in [1.29, 1.82) is 0 Å². The van der Waals surface area contributed by atoms with Crippen LogP contribution in [0.5, 0.6) is 0 Å². The molecule has 0 radical (unpaired) electrons. The zero-order valence-corrected chi connectivity index (χ0v) is 15.1. The normalized spacial score (nSPS) is 22.5. The molecular formula is C21H16N2O3S. The van der Waals surface area contributed by atoms with Crippen LogP contribution >= 0.6 is 0 Å². The molecule has 2 aromatic carbocycles. The zero-order valence-electron chi connectivity index (χ0n) is 14.3. The van der Waals surface area contributed by atoms with Gasteiger partial charge in [0.05, 0.1) is 17.4 Å². The maximum Gasteiger partial charge on any atom is 0.241 e. The van der Waals surface area contributed by atoms with E-state index in [4.69, 9.17) is 0 Å². The van der Waals surface area contributed by atoms with Gasteiger partial charge in [-0.25, -0.2) is 13.4 Å². The lowest BCUT2D eigenvalue weighted by Crippen LogP contribution is -2.44. The van der Waals surface area contributed by atoms with Gasteiger partial charge in [0, 0.05) is 11.8 Å². The van der Waals surface area contributed by atoms with Crippen molar-refractivity contribution in [3.8, 4) is 0 Å². The molecule has 2 atom stereocenters. The van der Waals surface area contributed by atoms with Gasteiger partial charge in [0.25, 0.3) is 0 Å². The molecule has 0 spiro atoms. The van der Waals surface area contributed by atoms with E-state index < -0.39 is 21.0 Å². The van der Waals surface area contributed by atoms with Crippen molar-refractivity contribution in [3.63, 3.8) is 0 Å². The van der Waals surface area contributed by atoms with Gasteiger partial charge in [-0.15, -0.1) is 0 Å². The van der Waals surface area contributed by atoms with Crippen LogP contribution in [0, 0.1) is 0 Å². The molecule has 2 aliphatic rings. The average molecular weight is 376 g/mol. The van der Waals surface area contributed by atoms with Crippen LogP contribution in [-0.2, 0) is 20.4 Å². The van der Waals surface area contributed by atoms with Crippen molar-refractivity contribution in [3.05, 3.63) is 89.6 Å². The number of anilines is 2. The Morgan fingerprint density at radius 1 is 0.889 bits per heavy atom. The minimum atomic E-state index is -3.54. The van der Waals surface area contributed by atoms with Gasteiger partial charge in [0.1, 0.15) is 11.1 Å². The quantitative estimate of drug-likeness (QED) is 0.652. The fourth-order valence-electron chi connectivity index (χ4n) is 4.17. The predicted octanol–water partition coefficient (Wildman–Crippen LogP) is 3.51.